The van der Waals surface area contributed by atoms with Crippen LogP contribution < -0.4 is 10.6 Å². The van der Waals surface area contributed by atoms with Gasteiger partial charge in [-0.15, -0.1) is 0 Å². The van der Waals surface area contributed by atoms with Gasteiger partial charge in [0.05, 0.1) is 18.5 Å². The minimum atomic E-state index is -0.143. The van der Waals surface area contributed by atoms with Gasteiger partial charge in [-0.1, -0.05) is 0 Å². The maximum absolute atomic E-state index is 11.8. The van der Waals surface area contributed by atoms with Gasteiger partial charge in [0.15, 0.2) is 0 Å². The lowest BCUT2D eigenvalue weighted by molar-refractivity contribution is 0.0858. The molecule has 3 atom stereocenters. The minimum absolute atomic E-state index is 0.0444. The van der Waals surface area contributed by atoms with Crippen molar-refractivity contribution in [1.29, 1.82) is 0 Å². The van der Waals surface area contributed by atoms with Crippen LogP contribution in [0.3, 0.4) is 0 Å². The summed E-state index contributed by atoms with van der Waals surface area (Å²) in [5, 5.41) is 5.85. The quantitative estimate of drug-likeness (QED) is 0.839. The number of hydrogen-bond acceptors (Lipinski definition) is 3. The molecule has 0 aliphatic carbocycles. The summed E-state index contributed by atoms with van der Waals surface area (Å²) >= 11 is 0. The fraction of sp³-hybridized carbons (Fsp3) is 0.692. The number of carbonyl (C=O) groups is 1. The lowest BCUT2D eigenvalue weighted by Crippen LogP contribution is -2.49. The Morgan fingerprint density at radius 2 is 2.37 bits per heavy atom. The van der Waals surface area contributed by atoms with Gasteiger partial charge in [0.2, 0.25) is 0 Å². The fourth-order valence-corrected chi connectivity index (χ4v) is 2.32. The lowest BCUT2D eigenvalue weighted by Gasteiger charge is -2.22. The molecule has 2 rings (SSSR count). The molecule has 2 N–H and O–H groups in total. The molecular weight excluding hydrogens is 244 g/mol. The molecule has 2 heterocycles. The van der Waals surface area contributed by atoms with Crippen LogP contribution in [0.5, 0.6) is 0 Å². The molecule has 0 saturated carbocycles. The number of imidazole rings is 1. The SMILES string of the molecule is C[C@H](Cn1ccnc1)NC(=O)N[C@@H](C)[C@@H]1CCCO1. The van der Waals surface area contributed by atoms with E-state index in [2.05, 4.69) is 15.6 Å². The number of urea groups is 1. The van der Waals surface area contributed by atoms with E-state index in [1.807, 2.05) is 24.6 Å². The van der Waals surface area contributed by atoms with Gasteiger partial charge >= 0.3 is 6.03 Å². The first kappa shape index (κ1) is 13.9. The van der Waals surface area contributed by atoms with E-state index in [0.29, 0.717) is 6.54 Å². The molecule has 1 fully saturated rings. The van der Waals surface area contributed by atoms with Crippen molar-refractivity contribution >= 4 is 6.03 Å². The van der Waals surface area contributed by atoms with Crippen LogP contribution in [-0.2, 0) is 11.3 Å². The van der Waals surface area contributed by atoms with E-state index in [1.54, 1.807) is 12.5 Å². The first-order chi connectivity index (χ1) is 9.15. The summed E-state index contributed by atoms with van der Waals surface area (Å²) < 4.78 is 7.49. The average molecular weight is 266 g/mol. The van der Waals surface area contributed by atoms with Gasteiger partial charge in [0, 0.05) is 31.6 Å². The number of nitrogens with one attached hydrogen (secondary N) is 2. The van der Waals surface area contributed by atoms with Crippen LogP contribution in [0.1, 0.15) is 26.7 Å². The Balaban J connectivity index is 1.71. The zero-order chi connectivity index (χ0) is 13.7. The maximum Gasteiger partial charge on any atom is 0.315 e. The van der Waals surface area contributed by atoms with Crippen molar-refractivity contribution < 1.29 is 9.53 Å². The number of hydrogen-bond donors (Lipinski definition) is 2. The number of amides is 2. The number of nitrogens with zero attached hydrogens (tertiary/aromatic N) is 2. The van der Waals surface area contributed by atoms with E-state index >= 15 is 0 Å². The zero-order valence-electron chi connectivity index (χ0n) is 11.5. The van der Waals surface area contributed by atoms with E-state index in [0.717, 1.165) is 19.4 Å². The van der Waals surface area contributed by atoms with Crippen LogP contribution in [0.4, 0.5) is 4.79 Å². The predicted octanol–water partition coefficient (Wildman–Crippen LogP) is 1.14. The van der Waals surface area contributed by atoms with Crippen LogP contribution >= 0.6 is 0 Å². The average Bonchev–Trinajstić information content (AvgIpc) is 3.00. The summed E-state index contributed by atoms with van der Waals surface area (Å²) in [5.74, 6) is 0. The third kappa shape index (κ3) is 4.24. The van der Waals surface area contributed by atoms with E-state index in [9.17, 15) is 4.79 Å². The third-order valence-electron chi connectivity index (χ3n) is 3.30. The molecule has 0 spiro atoms. The Bertz CT molecular complexity index is 387. The van der Waals surface area contributed by atoms with Crippen molar-refractivity contribution in [1.82, 2.24) is 20.2 Å². The molecule has 106 valence electrons. The van der Waals surface area contributed by atoms with Crippen molar-refractivity contribution in [2.24, 2.45) is 0 Å². The third-order valence-corrected chi connectivity index (χ3v) is 3.30. The zero-order valence-corrected chi connectivity index (χ0v) is 11.5. The molecule has 6 nitrogen and oxygen atoms in total. The van der Waals surface area contributed by atoms with Crippen molar-refractivity contribution in [2.75, 3.05) is 6.61 Å². The first-order valence-electron chi connectivity index (χ1n) is 6.79. The molecule has 1 aliphatic heterocycles. The first-order valence-corrected chi connectivity index (χ1v) is 6.79. The van der Waals surface area contributed by atoms with E-state index in [4.69, 9.17) is 4.74 Å². The predicted molar refractivity (Wildman–Crippen MR) is 71.8 cm³/mol. The van der Waals surface area contributed by atoms with Gasteiger partial charge in [0.1, 0.15) is 0 Å². The normalized spacial score (nSPS) is 21.9. The number of aromatic nitrogens is 2. The minimum Gasteiger partial charge on any atom is -0.376 e. The summed E-state index contributed by atoms with van der Waals surface area (Å²) in [4.78, 5) is 15.8. The number of rotatable bonds is 5. The molecule has 0 bridgehead atoms. The Morgan fingerprint density at radius 1 is 1.53 bits per heavy atom. The largest absolute Gasteiger partial charge is 0.376 e. The Kier molecular flexibility index (Phi) is 4.79. The molecule has 0 radical (unpaired) electrons. The van der Waals surface area contributed by atoms with Crippen LogP contribution in [0.2, 0.25) is 0 Å². The van der Waals surface area contributed by atoms with Crippen molar-refractivity contribution in [2.45, 2.75) is 51.4 Å². The molecule has 2 amide bonds. The van der Waals surface area contributed by atoms with Gasteiger partial charge < -0.3 is 19.9 Å². The van der Waals surface area contributed by atoms with Gasteiger partial charge in [-0.05, 0) is 26.7 Å². The molecule has 0 unspecified atom stereocenters. The summed E-state index contributed by atoms with van der Waals surface area (Å²) in [7, 11) is 0. The molecular formula is C13H22N4O2. The van der Waals surface area contributed by atoms with Crippen LogP contribution in [-0.4, -0.2) is 40.4 Å². The molecule has 6 heteroatoms. The van der Waals surface area contributed by atoms with Crippen LogP contribution in [0, 0.1) is 0 Å². The van der Waals surface area contributed by atoms with Gasteiger partial charge in [0.25, 0.3) is 0 Å². The second kappa shape index (κ2) is 6.56. The van der Waals surface area contributed by atoms with Gasteiger partial charge in [-0.3, -0.25) is 0 Å². The Labute approximate surface area is 113 Å². The number of carbonyl (C=O) groups excluding carboxylic acids is 1. The highest BCUT2D eigenvalue weighted by atomic mass is 16.5. The van der Waals surface area contributed by atoms with E-state index < -0.39 is 0 Å². The van der Waals surface area contributed by atoms with Crippen LogP contribution in [0.15, 0.2) is 18.7 Å². The maximum atomic E-state index is 11.8. The highest BCUT2D eigenvalue weighted by Gasteiger charge is 2.23. The van der Waals surface area contributed by atoms with Crippen molar-refractivity contribution in [3.05, 3.63) is 18.7 Å². The highest BCUT2D eigenvalue weighted by molar-refractivity contribution is 5.74. The summed E-state index contributed by atoms with van der Waals surface area (Å²) in [6.45, 7) is 5.46. The summed E-state index contributed by atoms with van der Waals surface area (Å²) in [6, 6.07) is -0.0514. The Hall–Kier alpha value is -1.56. The smallest absolute Gasteiger partial charge is 0.315 e. The van der Waals surface area contributed by atoms with Crippen molar-refractivity contribution in [3.8, 4) is 0 Å². The Morgan fingerprint density at radius 3 is 3.00 bits per heavy atom. The van der Waals surface area contributed by atoms with E-state index in [-0.39, 0.29) is 24.2 Å². The molecule has 19 heavy (non-hydrogen) atoms. The molecule has 1 aliphatic rings. The van der Waals surface area contributed by atoms with Crippen LogP contribution in [0.25, 0.3) is 0 Å². The monoisotopic (exact) mass is 266 g/mol. The lowest BCUT2D eigenvalue weighted by atomic mass is 10.1. The number of ether oxygens (including phenoxy) is 1. The topological polar surface area (TPSA) is 68.2 Å². The highest BCUT2D eigenvalue weighted by Crippen LogP contribution is 2.15. The molecule has 1 saturated heterocycles. The summed E-state index contributed by atoms with van der Waals surface area (Å²) in [5.41, 5.74) is 0. The van der Waals surface area contributed by atoms with Gasteiger partial charge in [-0.25, -0.2) is 9.78 Å². The van der Waals surface area contributed by atoms with E-state index in [1.165, 1.54) is 0 Å². The second-order valence-electron chi connectivity index (χ2n) is 5.12. The molecule has 1 aromatic rings. The molecule has 0 aromatic carbocycles. The summed E-state index contributed by atoms with van der Waals surface area (Å²) in [6.07, 6.45) is 7.60. The standard InChI is InChI=1S/C13H22N4O2/c1-10(8-17-6-5-14-9-17)15-13(18)16-11(2)12-4-3-7-19-12/h5-6,9-12H,3-4,7-8H2,1-2H3,(H2,15,16,18)/t10-,11+,12+/m1/s1. The fourth-order valence-electron chi connectivity index (χ4n) is 2.32. The second-order valence-corrected chi connectivity index (χ2v) is 5.12. The van der Waals surface area contributed by atoms with Crippen molar-refractivity contribution in [3.63, 3.8) is 0 Å². The molecule has 1 aromatic heterocycles. The van der Waals surface area contributed by atoms with Gasteiger partial charge in [-0.2, -0.15) is 0 Å².